The number of rotatable bonds is 5. The second-order valence-corrected chi connectivity index (χ2v) is 5.99. The van der Waals surface area contributed by atoms with E-state index in [0.29, 0.717) is 22.0 Å². The first-order valence-corrected chi connectivity index (χ1v) is 8.11. The van der Waals surface area contributed by atoms with Crippen molar-refractivity contribution in [3.63, 3.8) is 0 Å². The normalized spacial score (nSPS) is 10.7. The number of likely N-dealkylation sites (N-methyl/N-ethyl adjacent to an activating group) is 1. The Bertz CT molecular complexity index is 945. The van der Waals surface area contributed by atoms with Gasteiger partial charge in [0.2, 0.25) is 0 Å². The number of fused-ring (bicyclic) bond motifs is 1. The fourth-order valence-corrected chi connectivity index (χ4v) is 2.90. The van der Waals surface area contributed by atoms with E-state index in [0.717, 1.165) is 10.9 Å². The Hall–Kier alpha value is -2.79. The van der Waals surface area contributed by atoms with Crippen LogP contribution in [0.4, 0.5) is 0 Å². The zero-order valence-corrected chi connectivity index (χ0v) is 14.6. The Labute approximate surface area is 150 Å². The number of aryl methyl sites for hydroxylation is 1. The molecule has 128 valence electrons. The van der Waals surface area contributed by atoms with Gasteiger partial charge in [0.1, 0.15) is 12.4 Å². The van der Waals surface area contributed by atoms with Crippen molar-refractivity contribution in [2.75, 3.05) is 7.05 Å². The van der Waals surface area contributed by atoms with Crippen LogP contribution in [-0.4, -0.2) is 23.3 Å². The first kappa shape index (κ1) is 17.0. The molecule has 0 unspecified atom stereocenters. The van der Waals surface area contributed by atoms with Gasteiger partial charge in [-0.25, -0.2) is 0 Å². The standard InChI is InChI=1S/C19H17ClN2O3/c1-21-19(24)18(23)17-14-5-3-4-6-15(14)22(2)16(17)11-25-13-9-7-12(20)8-10-13/h3-10H,11H2,1-2H3,(H,21,24). The molecule has 3 aromatic rings. The maximum Gasteiger partial charge on any atom is 0.292 e. The third-order valence-electron chi connectivity index (χ3n) is 4.08. The van der Waals surface area contributed by atoms with Crippen LogP contribution < -0.4 is 10.1 Å². The SMILES string of the molecule is CNC(=O)C(=O)c1c(COc2ccc(Cl)cc2)n(C)c2ccccc12. The van der Waals surface area contributed by atoms with Gasteiger partial charge < -0.3 is 14.6 Å². The zero-order valence-electron chi connectivity index (χ0n) is 13.9. The van der Waals surface area contributed by atoms with Crippen LogP contribution in [-0.2, 0) is 18.4 Å². The summed E-state index contributed by atoms with van der Waals surface area (Å²) in [5, 5.41) is 3.74. The topological polar surface area (TPSA) is 60.3 Å². The van der Waals surface area contributed by atoms with Crippen LogP contribution in [0, 0.1) is 0 Å². The highest BCUT2D eigenvalue weighted by Gasteiger charge is 2.25. The van der Waals surface area contributed by atoms with Gasteiger partial charge in [-0.2, -0.15) is 0 Å². The fraction of sp³-hybridized carbons (Fsp3) is 0.158. The molecule has 0 saturated carbocycles. The van der Waals surface area contributed by atoms with Crippen LogP contribution in [0.5, 0.6) is 5.75 Å². The van der Waals surface area contributed by atoms with Gasteiger partial charge in [-0.15, -0.1) is 0 Å². The summed E-state index contributed by atoms with van der Waals surface area (Å²) in [6.07, 6.45) is 0. The first-order valence-electron chi connectivity index (χ1n) is 7.74. The molecule has 2 aromatic carbocycles. The summed E-state index contributed by atoms with van der Waals surface area (Å²) in [7, 11) is 3.29. The van der Waals surface area contributed by atoms with E-state index in [1.807, 2.05) is 35.9 Å². The number of para-hydroxylation sites is 1. The molecule has 6 heteroatoms. The molecule has 1 heterocycles. The van der Waals surface area contributed by atoms with Crippen molar-refractivity contribution >= 4 is 34.2 Å². The van der Waals surface area contributed by atoms with E-state index in [1.165, 1.54) is 7.05 Å². The largest absolute Gasteiger partial charge is 0.487 e. The van der Waals surface area contributed by atoms with E-state index in [1.54, 1.807) is 24.3 Å². The zero-order chi connectivity index (χ0) is 18.0. The fourth-order valence-electron chi connectivity index (χ4n) is 2.78. The third-order valence-corrected chi connectivity index (χ3v) is 4.33. The molecule has 0 saturated heterocycles. The van der Waals surface area contributed by atoms with Crippen LogP contribution in [0.15, 0.2) is 48.5 Å². The van der Waals surface area contributed by atoms with Gasteiger partial charge in [0, 0.05) is 30.0 Å². The number of hydrogen-bond donors (Lipinski definition) is 1. The minimum absolute atomic E-state index is 0.158. The molecule has 0 aliphatic rings. The summed E-state index contributed by atoms with van der Waals surface area (Å²) in [5.41, 5.74) is 1.88. The Balaban J connectivity index is 2.03. The molecule has 0 spiro atoms. The van der Waals surface area contributed by atoms with Gasteiger partial charge in [-0.3, -0.25) is 9.59 Å². The van der Waals surface area contributed by atoms with Gasteiger partial charge in [0.15, 0.2) is 0 Å². The second kappa shape index (κ2) is 6.99. The van der Waals surface area contributed by atoms with Crippen molar-refractivity contribution in [2.45, 2.75) is 6.61 Å². The monoisotopic (exact) mass is 356 g/mol. The van der Waals surface area contributed by atoms with Crippen molar-refractivity contribution in [3.8, 4) is 5.75 Å². The molecule has 0 radical (unpaired) electrons. The highest BCUT2D eigenvalue weighted by Crippen LogP contribution is 2.27. The number of aromatic nitrogens is 1. The highest BCUT2D eigenvalue weighted by atomic mass is 35.5. The van der Waals surface area contributed by atoms with E-state index in [2.05, 4.69) is 5.32 Å². The van der Waals surface area contributed by atoms with Gasteiger partial charge >= 0.3 is 0 Å². The lowest BCUT2D eigenvalue weighted by molar-refractivity contribution is -0.116. The Morgan fingerprint density at radius 1 is 1.12 bits per heavy atom. The Kier molecular flexibility index (Phi) is 4.76. The molecule has 25 heavy (non-hydrogen) atoms. The van der Waals surface area contributed by atoms with Crippen molar-refractivity contribution in [1.82, 2.24) is 9.88 Å². The molecule has 1 N–H and O–H groups in total. The molecule has 0 fully saturated rings. The van der Waals surface area contributed by atoms with Crippen LogP contribution in [0.1, 0.15) is 16.1 Å². The highest BCUT2D eigenvalue weighted by molar-refractivity contribution is 6.45. The summed E-state index contributed by atoms with van der Waals surface area (Å²) < 4.78 is 7.67. The lowest BCUT2D eigenvalue weighted by Crippen LogP contribution is -2.28. The third kappa shape index (κ3) is 3.23. The smallest absolute Gasteiger partial charge is 0.292 e. The van der Waals surface area contributed by atoms with Gasteiger partial charge in [0.25, 0.3) is 11.7 Å². The number of ether oxygens (including phenoxy) is 1. The average molecular weight is 357 g/mol. The predicted octanol–water partition coefficient (Wildman–Crippen LogP) is 3.34. The van der Waals surface area contributed by atoms with Crippen molar-refractivity contribution in [1.29, 1.82) is 0 Å². The lowest BCUT2D eigenvalue weighted by Gasteiger charge is -2.10. The number of hydrogen-bond acceptors (Lipinski definition) is 3. The molecule has 0 aliphatic heterocycles. The second-order valence-electron chi connectivity index (χ2n) is 5.55. The average Bonchev–Trinajstić information content (AvgIpc) is 2.92. The molecular weight excluding hydrogens is 340 g/mol. The Morgan fingerprint density at radius 3 is 2.48 bits per heavy atom. The van der Waals surface area contributed by atoms with Crippen LogP contribution >= 0.6 is 11.6 Å². The van der Waals surface area contributed by atoms with E-state index >= 15 is 0 Å². The minimum atomic E-state index is -0.649. The first-order chi connectivity index (χ1) is 12.0. The summed E-state index contributed by atoms with van der Waals surface area (Å²) in [6, 6.07) is 14.4. The number of ketones is 1. The van der Waals surface area contributed by atoms with Gasteiger partial charge in [0.05, 0.1) is 11.3 Å². The number of carbonyl (C=O) groups is 2. The molecule has 1 amide bonds. The molecule has 1 aromatic heterocycles. The van der Waals surface area contributed by atoms with Crippen molar-refractivity contribution in [2.24, 2.45) is 7.05 Å². The number of Topliss-reactive ketones (excluding diaryl/α,β-unsaturated/α-hetero) is 1. The molecule has 0 atom stereocenters. The maximum absolute atomic E-state index is 12.6. The van der Waals surface area contributed by atoms with Crippen LogP contribution in [0.3, 0.4) is 0 Å². The van der Waals surface area contributed by atoms with Crippen LogP contribution in [0.25, 0.3) is 10.9 Å². The summed E-state index contributed by atoms with van der Waals surface area (Å²) in [4.78, 5) is 24.5. The molecule has 5 nitrogen and oxygen atoms in total. The quantitative estimate of drug-likeness (QED) is 0.563. The van der Waals surface area contributed by atoms with E-state index in [9.17, 15) is 9.59 Å². The maximum atomic E-state index is 12.6. The van der Waals surface area contributed by atoms with Gasteiger partial charge in [-0.05, 0) is 30.3 Å². The number of benzene rings is 2. The van der Waals surface area contributed by atoms with E-state index in [-0.39, 0.29) is 6.61 Å². The van der Waals surface area contributed by atoms with Crippen LogP contribution in [0.2, 0.25) is 5.02 Å². The van der Waals surface area contributed by atoms with Gasteiger partial charge in [-0.1, -0.05) is 29.8 Å². The summed E-state index contributed by atoms with van der Waals surface area (Å²) >= 11 is 5.88. The number of halogens is 1. The molecule has 0 bridgehead atoms. The number of carbonyl (C=O) groups excluding carboxylic acids is 2. The predicted molar refractivity (Wildman–Crippen MR) is 97.1 cm³/mol. The summed E-state index contributed by atoms with van der Waals surface area (Å²) in [6.45, 7) is 0.158. The molecular formula is C19H17ClN2O3. The number of amides is 1. The minimum Gasteiger partial charge on any atom is -0.487 e. The number of nitrogens with zero attached hydrogens (tertiary/aromatic N) is 1. The van der Waals surface area contributed by atoms with Crippen molar-refractivity contribution in [3.05, 3.63) is 64.8 Å². The van der Waals surface area contributed by atoms with E-state index in [4.69, 9.17) is 16.3 Å². The molecule has 0 aliphatic carbocycles. The Morgan fingerprint density at radius 2 is 1.80 bits per heavy atom. The van der Waals surface area contributed by atoms with E-state index < -0.39 is 11.7 Å². The lowest BCUT2D eigenvalue weighted by atomic mass is 10.1. The summed E-state index contributed by atoms with van der Waals surface area (Å²) in [5.74, 6) is -0.592. The molecule has 3 rings (SSSR count). The van der Waals surface area contributed by atoms with Crippen molar-refractivity contribution < 1.29 is 14.3 Å². The number of nitrogens with one attached hydrogen (secondary N) is 1.